The molecule has 2 N–H and O–H groups in total. The number of nitrogens with zero attached hydrogens (tertiary/aromatic N) is 1. The summed E-state index contributed by atoms with van der Waals surface area (Å²) in [6.45, 7) is 0.880. The van der Waals surface area contributed by atoms with Gasteiger partial charge in [0.15, 0.2) is 0 Å². The summed E-state index contributed by atoms with van der Waals surface area (Å²) in [5.74, 6) is 0. The van der Waals surface area contributed by atoms with Crippen LogP contribution in [0.5, 0.6) is 0 Å². The second-order valence-electron chi connectivity index (χ2n) is 7.18. The number of hydrogen-bond acceptors (Lipinski definition) is 2. The van der Waals surface area contributed by atoms with Crippen molar-refractivity contribution in [1.29, 1.82) is 0 Å². The first-order valence-corrected chi connectivity index (χ1v) is 9.67. The van der Waals surface area contributed by atoms with Gasteiger partial charge < -0.3 is 10.3 Å². The Hall–Kier alpha value is -2.04. The van der Waals surface area contributed by atoms with Gasteiger partial charge in [-0.2, -0.15) is 0 Å². The van der Waals surface area contributed by atoms with Crippen molar-refractivity contribution < 1.29 is 0 Å². The fourth-order valence-electron chi connectivity index (χ4n) is 3.96. The standard InChI is InChI=1S/C23H20ClN3.2ClH/c24-22-20(9-10-21-23(22)27-14-26-21)16-7-5-15(6-8-16)13-25-19-11-17-3-1-2-4-18(17)12-19;;/h1-10,14,19,25H,11-13H2,(H,26,27);2*1H. The molecule has 1 aliphatic carbocycles. The predicted molar refractivity (Wildman–Crippen MR) is 126 cm³/mol. The van der Waals surface area contributed by atoms with E-state index in [1.54, 1.807) is 6.33 Å². The molecule has 0 saturated carbocycles. The van der Waals surface area contributed by atoms with E-state index in [-0.39, 0.29) is 24.8 Å². The van der Waals surface area contributed by atoms with Gasteiger partial charge in [-0.05, 0) is 41.2 Å². The number of aromatic amines is 1. The molecule has 0 saturated heterocycles. The Morgan fingerprint density at radius 3 is 2.31 bits per heavy atom. The Kier molecular flexibility index (Phi) is 6.86. The molecule has 0 aliphatic heterocycles. The van der Waals surface area contributed by atoms with Crippen molar-refractivity contribution in [2.45, 2.75) is 25.4 Å². The summed E-state index contributed by atoms with van der Waals surface area (Å²) >= 11 is 6.55. The highest BCUT2D eigenvalue weighted by Gasteiger charge is 2.20. The Bertz CT molecular complexity index is 1080. The Labute approximate surface area is 187 Å². The van der Waals surface area contributed by atoms with Gasteiger partial charge in [0.05, 0.1) is 16.9 Å². The zero-order valence-corrected chi connectivity index (χ0v) is 18.1. The van der Waals surface area contributed by atoms with Gasteiger partial charge in [0, 0.05) is 18.2 Å². The number of imidazole rings is 1. The number of benzene rings is 3. The average Bonchev–Trinajstić information content (AvgIpc) is 3.34. The molecule has 3 nitrogen and oxygen atoms in total. The zero-order chi connectivity index (χ0) is 18.2. The van der Waals surface area contributed by atoms with E-state index in [1.807, 2.05) is 12.1 Å². The van der Waals surface area contributed by atoms with Crippen LogP contribution in [0.1, 0.15) is 16.7 Å². The molecule has 0 fully saturated rings. The summed E-state index contributed by atoms with van der Waals surface area (Å²) in [7, 11) is 0. The minimum absolute atomic E-state index is 0. The van der Waals surface area contributed by atoms with E-state index >= 15 is 0 Å². The molecule has 0 bridgehead atoms. The number of halogens is 3. The summed E-state index contributed by atoms with van der Waals surface area (Å²) < 4.78 is 0. The van der Waals surface area contributed by atoms with Crippen LogP contribution in [0.25, 0.3) is 22.2 Å². The van der Waals surface area contributed by atoms with E-state index in [0.29, 0.717) is 11.1 Å². The van der Waals surface area contributed by atoms with Crippen LogP contribution in [0, 0.1) is 0 Å². The van der Waals surface area contributed by atoms with Crippen molar-refractivity contribution in [3.8, 4) is 11.1 Å². The third-order valence-corrected chi connectivity index (χ3v) is 5.82. The summed E-state index contributed by atoms with van der Waals surface area (Å²) in [4.78, 5) is 7.41. The zero-order valence-electron chi connectivity index (χ0n) is 15.7. The third-order valence-electron chi connectivity index (χ3n) is 5.44. The van der Waals surface area contributed by atoms with Gasteiger partial charge in [-0.15, -0.1) is 24.8 Å². The monoisotopic (exact) mass is 445 g/mol. The Morgan fingerprint density at radius 1 is 0.931 bits per heavy atom. The van der Waals surface area contributed by atoms with E-state index < -0.39 is 0 Å². The second-order valence-corrected chi connectivity index (χ2v) is 7.56. The van der Waals surface area contributed by atoms with Gasteiger partial charge in [0.2, 0.25) is 0 Å². The first-order chi connectivity index (χ1) is 13.3. The van der Waals surface area contributed by atoms with Gasteiger partial charge >= 0.3 is 0 Å². The molecule has 0 radical (unpaired) electrons. The Morgan fingerprint density at radius 2 is 1.62 bits per heavy atom. The number of H-pyrrole nitrogens is 1. The number of rotatable bonds is 4. The average molecular weight is 447 g/mol. The fourth-order valence-corrected chi connectivity index (χ4v) is 4.29. The minimum atomic E-state index is 0. The van der Waals surface area contributed by atoms with Crippen molar-refractivity contribution in [3.63, 3.8) is 0 Å². The quantitative estimate of drug-likeness (QED) is 0.404. The first-order valence-electron chi connectivity index (χ1n) is 9.29. The highest BCUT2D eigenvalue weighted by Crippen LogP contribution is 2.33. The lowest BCUT2D eigenvalue weighted by Crippen LogP contribution is -2.28. The van der Waals surface area contributed by atoms with Crippen molar-refractivity contribution in [1.82, 2.24) is 15.3 Å². The molecule has 1 aliphatic rings. The van der Waals surface area contributed by atoms with Crippen molar-refractivity contribution in [2.75, 3.05) is 0 Å². The number of hydrogen-bond donors (Lipinski definition) is 2. The molecule has 1 heterocycles. The van der Waals surface area contributed by atoms with Crippen LogP contribution in [-0.4, -0.2) is 16.0 Å². The SMILES string of the molecule is Cl.Cl.Clc1c(-c2ccc(CNC3Cc4ccccc4C3)cc2)ccc2[nH]cnc12. The van der Waals surface area contributed by atoms with Gasteiger partial charge in [-0.25, -0.2) is 4.98 Å². The maximum atomic E-state index is 6.55. The predicted octanol–water partition coefficient (Wildman–Crippen LogP) is 5.98. The van der Waals surface area contributed by atoms with Gasteiger partial charge in [0.1, 0.15) is 5.52 Å². The lowest BCUT2D eigenvalue weighted by molar-refractivity contribution is 0.533. The molecule has 6 heteroatoms. The largest absolute Gasteiger partial charge is 0.345 e. The van der Waals surface area contributed by atoms with Crippen LogP contribution in [0.3, 0.4) is 0 Å². The molecule has 29 heavy (non-hydrogen) atoms. The number of fused-ring (bicyclic) bond motifs is 2. The molecule has 150 valence electrons. The van der Waals surface area contributed by atoms with Crippen LogP contribution >= 0.6 is 36.4 Å². The van der Waals surface area contributed by atoms with Crippen LogP contribution in [0.2, 0.25) is 5.02 Å². The Balaban J connectivity index is 0.00000120. The number of aromatic nitrogens is 2. The third kappa shape index (κ3) is 4.29. The van der Waals surface area contributed by atoms with Gasteiger partial charge in [0.25, 0.3) is 0 Å². The van der Waals surface area contributed by atoms with E-state index in [0.717, 1.165) is 41.5 Å². The van der Waals surface area contributed by atoms with Crippen LogP contribution in [0.15, 0.2) is 67.0 Å². The number of nitrogens with one attached hydrogen (secondary N) is 2. The minimum Gasteiger partial charge on any atom is -0.345 e. The van der Waals surface area contributed by atoms with Gasteiger partial charge in [-0.3, -0.25) is 0 Å². The van der Waals surface area contributed by atoms with E-state index in [1.165, 1.54) is 16.7 Å². The molecule has 0 spiro atoms. The smallest absolute Gasteiger partial charge is 0.107 e. The molecule has 1 aromatic heterocycles. The fraction of sp³-hybridized carbons (Fsp3) is 0.174. The molecule has 0 unspecified atom stereocenters. The maximum Gasteiger partial charge on any atom is 0.107 e. The maximum absolute atomic E-state index is 6.55. The van der Waals surface area contributed by atoms with E-state index in [9.17, 15) is 0 Å². The normalized spacial score (nSPS) is 13.0. The summed E-state index contributed by atoms with van der Waals surface area (Å²) in [5, 5.41) is 4.39. The lowest BCUT2D eigenvalue weighted by Gasteiger charge is -2.12. The molecule has 4 aromatic rings. The molecule has 5 rings (SSSR count). The molecular weight excluding hydrogens is 425 g/mol. The highest BCUT2D eigenvalue weighted by molar-refractivity contribution is 6.37. The van der Waals surface area contributed by atoms with Crippen molar-refractivity contribution in [2.24, 2.45) is 0 Å². The molecular formula is C23H22Cl3N3. The van der Waals surface area contributed by atoms with Crippen LogP contribution < -0.4 is 5.32 Å². The first kappa shape index (κ1) is 21.7. The van der Waals surface area contributed by atoms with E-state index in [2.05, 4.69) is 63.8 Å². The molecule has 3 aromatic carbocycles. The second kappa shape index (κ2) is 9.19. The molecule has 0 atom stereocenters. The highest BCUT2D eigenvalue weighted by atomic mass is 35.5. The lowest BCUT2D eigenvalue weighted by atomic mass is 10.0. The van der Waals surface area contributed by atoms with Crippen molar-refractivity contribution in [3.05, 3.63) is 88.7 Å². The van der Waals surface area contributed by atoms with E-state index in [4.69, 9.17) is 11.6 Å². The molecule has 0 amide bonds. The van der Waals surface area contributed by atoms with Crippen molar-refractivity contribution >= 4 is 47.4 Å². The van der Waals surface area contributed by atoms with Crippen LogP contribution in [0.4, 0.5) is 0 Å². The summed E-state index contributed by atoms with van der Waals surface area (Å²) in [6, 6.07) is 22.0. The van der Waals surface area contributed by atoms with Crippen LogP contribution in [-0.2, 0) is 19.4 Å². The summed E-state index contributed by atoms with van der Waals surface area (Å²) in [6.07, 6.45) is 3.91. The topological polar surface area (TPSA) is 40.7 Å². The summed E-state index contributed by atoms with van der Waals surface area (Å²) in [5.41, 5.74) is 8.15. The van der Waals surface area contributed by atoms with Gasteiger partial charge in [-0.1, -0.05) is 66.2 Å².